The molecule has 8 aromatic carbocycles. The number of benzene rings is 8. The third-order valence-corrected chi connectivity index (χ3v) is 24.6. The molecule has 22 heteroatoms. The van der Waals surface area contributed by atoms with Crippen LogP contribution in [0.3, 0.4) is 0 Å². The smallest absolute Gasteiger partial charge is 0.496 e. The third-order valence-electron chi connectivity index (χ3n) is 24.6. The summed E-state index contributed by atoms with van der Waals surface area (Å²) in [6.45, 7) is 43.3. The topological polar surface area (TPSA) is 251 Å². The maximum atomic E-state index is 12.7. The molecular weight excluding hydrogens is 1630 g/mol. The first-order valence-electron chi connectivity index (χ1n) is 45.2. The van der Waals surface area contributed by atoms with E-state index in [1.807, 2.05) is 208 Å². The van der Waals surface area contributed by atoms with Gasteiger partial charge in [-0.15, -0.1) is 0 Å². The number of esters is 4. The summed E-state index contributed by atoms with van der Waals surface area (Å²) in [5.74, 6) is 2.55. The maximum absolute atomic E-state index is 12.7. The predicted octanol–water partition coefficient (Wildman–Crippen LogP) is 20.8. The fourth-order valence-corrected chi connectivity index (χ4v) is 17.1. The number of ether oxygens (including phenoxy) is 11. The van der Waals surface area contributed by atoms with Crippen LogP contribution in [0.4, 0.5) is 0 Å². The van der Waals surface area contributed by atoms with Gasteiger partial charge in [-0.3, -0.25) is 4.79 Å². The Morgan fingerprint density at radius 1 is 0.411 bits per heavy atom. The van der Waals surface area contributed by atoms with E-state index in [2.05, 4.69) is 56.3 Å². The molecule has 1 aromatic heterocycles. The summed E-state index contributed by atoms with van der Waals surface area (Å²) in [7, 11) is 5.04. The minimum atomic E-state index is -1.29. The van der Waals surface area contributed by atoms with Crippen molar-refractivity contribution in [1.82, 2.24) is 4.57 Å². The lowest BCUT2D eigenvalue weighted by atomic mass is 9.80. The van der Waals surface area contributed by atoms with E-state index < -0.39 is 60.3 Å². The predicted molar refractivity (Wildman–Crippen MR) is 505 cm³/mol. The van der Waals surface area contributed by atoms with Crippen molar-refractivity contribution >= 4 is 36.5 Å². The zero-order valence-electron chi connectivity index (χ0n) is 80.2. The van der Waals surface area contributed by atoms with Gasteiger partial charge in [-0.05, 0) is 369 Å². The number of phenols is 1. The number of pyridine rings is 1. The van der Waals surface area contributed by atoms with Crippen LogP contribution in [0.15, 0.2) is 144 Å². The standard InChI is InChI=1S/2C24H30O4.C23H28O5.C20H22O4.C16H24BNO3/c2*1-15-9-10-16(2)21(22(23(25)26-6)28-24(3,4)5)20(15)18-11-12-19-17(14-18)8-7-13-27-19;1-14-8-10-17(24)20(16-9-11-18-15(13-16)7-6-12-27-18)19(14)21(22(25)26-5)28-23(2,3)4;1-12-6-7-13(2)18(19(21)20(22)23-3)17(12)15-8-9-16-14(11-15)5-4-10-24-16;1-15(2)16(3,4)21-17(20-15)13-8-9-14(19)18(11-13)10-12-6-5-7-12/h2*9-12,14,22H,7-8,13H2,1-6H3;8-11,13,21,24H,6-7,12H2,1-5H3;6-9,11,19,21H,4-5,10H2,1-3H3;8-9,11-12H,5-7,10H2,1-4H3. The van der Waals surface area contributed by atoms with E-state index in [0.29, 0.717) is 22.6 Å². The molecule has 5 aliphatic heterocycles. The minimum Gasteiger partial charge on any atom is -0.507 e. The Labute approximate surface area is 763 Å². The highest BCUT2D eigenvalue weighted by molar-refractivity contribution is 6.62. The lowest BCUT2D eigenvalue weighted by Crippen LogP contribution is -2.41. The van der Waals surface area contributed by atoms with Gasteiger partial charge in [0.05, 0.1) is 82.9 Å². The molecule has 2 fully saturated rings. The Kier molecular flexibility index (Phi) is 32.3. The maximum Gasteiger partial charge on any atom is 0.496 e. The Balaban J connectivity index is 0.000000157. The first kappa shape index (κ1) is 99.0. The molecule has 690 valence electrons. The number of nitrogens with zero attached hydrogens (tertiary/aromatic N) is 1. The fourth-order valence-electron chi connectivity index (χ4n) is 17.1. The van der Waals surface area contributed by atoms with Crippen molar-refractivity contribution in [3.8, 4) is 73.3 Å². The van der Waals surface area contributed by atoms with Gasteiger partial charge >= 0.3 is 31.0 Å². The van der Waals surface area contributed by atoms with Crippen molar-refractivity contribution < 1.29 is 90.8 Å². The molecule has 1 aliphatic carbocycles. The van der Waals surface area contributed by atoms with Crippen molar-refractivity contribution in [2.24, 2.45) is 5.92 Å². The van der Waals surface area contributed by atoms with Crippen LogP contribution in [0.5, 0.6) is 28.7 Å². The number of aliphatic hydroxyl groups excluding tert-OH is 1. The van der Waals surface area contributed by atoms with Crippen molar-refractivity contribution in [2.75, 3.05) is 54.9 Å². The van der Waals surface area contributed by atoms with Crippen molar-refractivity contribution in [3.05, 3.63) is 233 Å². The Hall–Kier alpha value is -10.6. The molecule has 1 saturated heterocycles. The molecule has 0 amide bonds. The summed E-state index contributed by atoms with van der Waals surface area (Å²) < 4.78 is 75.3. The normalized spacial score (nSPS) is 16.2. The SMILES string of the molecule is CC1(C)OB(c2ccc(=O)n(CC3CCC3)c2)OC1(C)C.COC(=O)C(O)c1c(C)ccc(C)c1-c1ccc2c(c1)CCCO2.COC(=O)C(OC(C)(C)C)c1c(C)ccc(C)c1-c1ccc2c(c1)CCCO2.COC(=O)C(OC(C)(C)C)c1c(C)ccc(C)c1-c1ccc2c(c1)CCCO2.COC(=O)C(OC(C)(C)C)c1c(C)ccc(O)c1-c1ccc2c(c1)CCCO2. The zero-order valence-corrected chi connectivity index (χ0v) is 80.2. The Morgan fingerprint density at radius 3 is 1.03 bits per heavy atom. The highest BCUT2D eigenvalue weighted by Gasteiger charge is 2.52. The molecule has 4 atom stereocenters. The second-order valence-corrected chi connectivity index (χ2v) is 38.4. The summed E-state index contributed by atoms with van der Waals surface area (Å²) in [4.78, 5) is 61.9. The number of carbonyl (C=O) groups is 4. The van der Waals surface area contributed by atoms with Gasteiger partial charge in [0.1, 0.15) is 28.7 Å². The van der Waals surface area contributed by atoms with Gasteiger partial charge in [-0.1, -0.05) is 79.2 Å². The first-order valence-corrected chi connectivity index (χ1v) is 45.2. The fraction of sp³-hybridized carbons (Fsp3) is 0.467. The van der Waals surface area contributed by atoms with Gasteiger partial charge in [0, 0.05) is 46.6 Å². The van der Waals surface area contributed by atoms with Gasteiger partial charge in [-0.25, -0.2) is 19.2 Å². The van der Waals surface area contributed by atoms with Crippen LogP contribution >= 0.6 is 0 Å². The highest BCUT2D eigenvalue weighted by atomic mass is 16.7. The summed E-state index contributed by atoms with van der Waals surface area (Å²) in [5.41, 5.74) is 20.8. The lowest BCUT2D eigenvalue weighted by Gasteiger charge is -2.32. The molecular formula is C107H134BNO20. The highest BCUT2D eigenvalue weighted by Crippen LogP contribution is 2.47. The van der Waals surface area contributed by atoms with Crippen LogP contribution in [0, 0.1) is 54.4 Å². The lowest BCUT2D eigenvalue weighted by molar-refractivity contribution is -0.164. The molecule has 129 heavy (non-hydrogen) atoms. The van der Waals surface area contributed by atoms with Crippen LogP contribution in [-0.2, 0) is 93.9 Å². The number of hydrogen-bond donors (Lipinski definition) is 2. The van der Waals surface area contributed by atoms with Gasteiger partial charge < -0.3 is 76.2 Å². The van der Waals surface area contributed by atoms with E-state index in [0.717, 1.165) is 213 Å². The first-order chi connectivity index (χ1) is 60.9. The summed E-state index contributed by atoms with van der Waals surface area (Å²) in [6, 6.07) is 43.6. The molecule has 6 aliphatic rings. The molecule has 0 radical (unpaired) electrons. The average Bonchev–Trinajstić information content (AvgIpc) is 1.67. The molecule has 15 rings (SSSR count). The zero-order chi connectivity index (χ0) is 93.9. The van der Waals surface area contributed by atoms with E-state index in [1.165, 1.54) is 58.8 Å². The van der Waals surface area contributed by atoms with E-state index in [9.17, 15) is 34.2 Å². The molecule has 0 spiro atoms. The number of phenolic OH excluding ortho intramolecular Hbond substituents is 1. The van der Waals surface area contributed by atoms with Gasteiger partial charge in [0.25, 0.3) is 0 Å². The second-order valence-electron chi connectivity index (χ2n) is 38.4. The number of hydrogen-bond acceptors (Lipinski definition) is 20. The second kappa shape index (κ2) is 42.1. The van der Waals surface area contributed by atoms with Crippen molar-refractivity contribution in [2.45, 2.75) is 268 Å². The van der Waals surface area contributed by atoms with Crippen molar-refractivity contribution in [3.63, 3.8) is 0 Å². The van der Waals surface area contributed by atoms with Crippen LogP contribution in [0.2, 0.25) is 0 Å². The van der Waals surface area contributed by atoms with Gasteiger partial charge in [-0.2, -0.15) is 0 Å². The number of rotatable bonds is 18. The average molecular weight is 1770 g/mol. The van der Waals surface area contributed by atoms with E-state index >= 15 is 0 Å². The van der Waals surface area contributed by atoms with Crippen molar-refractivity contribution in [1.29, 1.82) is 0 Å². The summed E-state index contributed by atoms with van der Waals surface area (Å²) in [5, 5.41) is 21.2. The molecule has 6 heterocycles. The molecule has 2 N–H and O–H groups in total. The number of aliphatic hydroxyl groups is 1. The van der Waals surface area contributed by atoms with Gasteiger partial charge in [0.15, 0.2) is 24.4 Å². The van der Waals surface area contributed by atoms with E-state index in [4.69, 9.17) is 61.4 Å². The quantitative estimate of drug-likeness (QED) is 0.0460. The number of fused-ring (bicyclic) bond motifs is 4. The van der Waals surface area contributed by atoms with Crippen LogP contribution in [0.1, 0.15) is 243 Å². The van der Waals surface area contributed by atoms with Gasteiger partial charge in [0.2, 0.25) is 5.56 Å². The number of aromatic nitrogens is 1. The largest absolute Gasteiger partial charge is 0.507 e. The molecule has 4 unspecified atom stereocenters. The monoisotopic (exact) mass is 1760 g/mol. The number of aryl methyl sites for hydroxylation is 11. The molecule has 9 aromatic rings. The minimum absolute atomic E-state index is 0.0576. The van der Waals surface area contributed by atoms with Crippen LogP contribution in [0.25, 0.3) is 44.5 Å². The molecule has 1 saturated carbocycles. The molecule has 21 nitrogen and oxygen atoms in total. The Bertz CT molecular complexity index is 5210. The Morgan fingerprint density at radius 2 is 0.713 bits per heavy atom. The number of methoxy groups -OCH3 is 4. The summed E-state index contributed by atoms with van der Waals surface area (Å²) >= 11 is 0. The van der Waals surface area contributed by atoms with Crippen LogP contribution < -0.4 is 30.0 Å². The van der Waals surface area contributed by atoms with E-state index in [-0.39, 0.29) is 34.4 Å². The molecule has 0 bridgehead atoms. The number of aromatic hydroxyl groups is 1. The van der Waals surface area contributed by atoms with Crippen LogP contribution in [-0.4, -0.2) is 129 Å². The summed E-state index contributed by atoms with van der Waals surface area (Å²) in [6.07, 6.45) is 9.75. The number of carbonyl (C=O) groups excluding carboxylic acids is 4. The third kappa shape index (κ3) is 24.2. The van der Waals surface area contributed by atoms with E-state index in [1.54, 1.807) is 18.2 Å².